The molecule has 4 aromatic rings. The molecule has 0 N–H and O–H groups in total. The molecule has 0 aromatic carbocycles. The highest BCUT2D eigenvalue weighted by Gasteiger charge is 2.08. The first-order valence-electron chi connectivity index (χ1n) is 10.6. The maximum Gasteiger partial charge on any atom is 0.0601 e. The minimum Gasteiger partial charge on any atom is -0.364 e. The molecule has 0 radical (unpaired) electrons. The van der Waals surface area contributed by atoms with Crippen LogP contribution in [0.15, 0.2) is 110 Å². The van der Waals surface area contributed by atoms with Crippen molar-refractivity contribution in [1.82, 2.24) is 29.7 Å². The molecular formula is C26H26N6. The summed E-state index contributed by atoms with van der Waals surface area (Å²) >= 11 is 0. The molecule has 0 amide bonds. The van der Waals surface area contributed by atoms with E-state index in [1.807, 2.05) is 97.6 Å². The van der Waals surface area contributed by atoms with Crippen molar-refractivity contribution >= 4 is 0 Å². The van der Waals surface area contributed by atoms with Crippen LogP contribution in [0, 0.1) is 0 Å². The Bertz CT molecular complexity index is 900. The molecule has 32 heavy (non-hydrogen) atoms. The van der Waals surface area contributed by atoms with Crippen LogP contribution in [0.25, 0.3) is 0 Å². The Labute approximate surface area is 189 Å². The second-order valence-corrected chi connectivity index (χ2v) is 7.39. The van der Waals surface area contributed by atoms with Crippen LogP contribution in [0.1, 0.15) is 22.8 Å². The van der Waals surface area contributed by atoms with Gasteiger partial charge >= 0.3 is 0 Å². The third-order valence-electron chi connectivity index (χ3n) is 4.85. The molecule has 4 heterocycles. The van der Waals surface area contributed by atoms with Gasteiger partial charge in [-0.2, -0.15) is 0 Å². The zero-order valence-corrected chi connectivity index (χ0v) is 17.9. The molecule has 0 aliphatic rings. The number of hydrogen-bond donors (Lipinski definition) is 0. The summed E-state index contributed by atoms with van der Waals surface area (Å²) in [4.78, 5) is 22.4. The van der Waals surface area contributed by atoms with Gasteiger partial charge in [-0.3, -0.25) is 19.9 Å². The number of pyridine rings is 4. The van der Waals surface area contributed by atoms with Crippen LogP contribution < -0.4 is 0 Å². The van der Waals surface area contributed by atoms with Crippen molar-refractivity contribution in [2.45, 2.75) is 26.2 Å². The normalized spacial score (nSPS) is 10.9. The van der Waals surface area contributed by atoms with Crippen molar-refractivity contribution in [1.29, 1.82) is 0 Å². The molecule has 0 aliphatic carbocycles. The van der Waals surface area contributed by atoms with E-state index in [9.17, 15) is 0 Å². The van der Waals surface area contributed by atoms with E-state index in [4.69, 9.17) is 0 Å². The number of rotatable bonds is 10. The lowest BCUT2D eigenvalue weighted by Gasteiger charge is -2.24. The minimum absolute atomic E-state index is 0.689. The van der Waals surface area contributed by atoms with Crippen LogP contribution in [-0.2, 0) is 26.2 Å². The van der Waals surface area contributed by atoms with Gasteiger partial charge in [-0.05, 0) is 48.5 Å². The van der Waals surface area contributed by atoms with E-state index in [0.29, 0.717) is 26.2 Å². The van der Waals surface area contributed by atoms with E-state index in [1.165, 1.54) is 0 Å². The summed E-state index contributed by atoms with van der Waals surface area (Å²) in [7, 11) is 0. The van der Waals surface area contributed by atoms with E-state index < -0.39 is 0 Å². The highest BCUT2D eigenvalue weighted by molar-refractivity contribution is 5.10. The average Bonchev–Trinajstić information content (AvgIpc) is 2.85. The molecule has 4 rings (SSSR count). The molecule has 0 bridgehead atoms. The fourth-order valence-corrected chi connectivity index (χ4v) is 3.31. The van der Waals surface area contributed by atoms with E-state index in [0.717, 1.165) is 22.8 Å². The molecule has 0 aliphatic heterocycles. The summed E-state index contributed by atoms with van der Waals surface area (Å²) < 4.78 is 0. The average molecular weight is 423 g/mol. The predicted octanol–water partition coefficient (Wildman–Crippen LogP) is 4.44. The third kappa shape index (κ3) is 6.74. The number of nitrogens with zero attached hydrogens (tertiary/aromatic N) is 6. The minimum atomic E-state index is 0.689. The monoisotopic (exact) mass is 422 g/mol. The van der Waals surface area contributed by atoms with Gasteiger partial charge in [0.25, 0.3) is 0 Å². The Kier molecular flexibility index (Phi) is 7.52. The summed E-state index contributed by atoms with van der Waals surface area (Å²) in [6.07, 6.45) is 11.5. The fourth-order valence-electron chi connectivity index (χ4n) is 3.31. The topological polar surface area (TPSA) is 58.0 Å². The first-order valence-corrected chi connectivity index (χ1v) is 10.6. The Hall–Kier alpha value is -4.06. The van der Waals surface area contributed by atoms with Crippen LogP contribution in [-0.4, -0.2) is 29.7 Å². The molecule has 0 saturated carbocycles. The van der Waals surface area contributed by atoms with E-state index in [-0.39, 0.29) is 0 Å². The van der Waals surface area contributed by atoms with Gasteiger partial charge in [0.1, 0.15) is 0 Å². The van der Waals surface area contributed by atoms with Gasteiger partial charge in [-0.1, -0.05) is 24.3 Å². The van der Waals surface area contributed by atoms with Crippen molar-refractivity contribution in [3.8, 4) is 0 Å². The van der Waals surface area contributed by atoms with Crippen molar-refractivity contribution in [2.24, 2.45) is 0 Å². The number of hydrogen-bond acceptors (Lipinski definition) is 6. The summed E-state index contributed by atoms with van der Waals surface area (Å²) in [5.41, 5.74) is 4.03. The van der Waals surface area contributed by atoms with Crippen molar-refractivity contribution < 1.29 is 0 Å². The Morgan fingerprint density at radius 2 is 0.719 bits per heavy atom. The van der Waals surface area contributed by atoms with Crippen molar-refractivity contribution in [3.63, 3.8) is 0 Å². The van der Waals surface area contributed by atoms with Crippen molar-refractivity contribution in [2.75, 3.05) is 0 Å². The van der Waals surface area contributed by atoms with Gasteiger partial charge < -0.3 is 9.80 Å². The maximum absolute atomic E-state index is 4.49. The first-order chi connectivity index (χ1) is 15.8. The molecule has 4 aromatic heterocycles. The zero-order valence-electron chi connectivity index (χ0n) is 17.9. The van der Waals surface area contributed by atoms with Gasteiger partial charge in [-0.25, -0.2) is 0 Å². The smallest absolute Gasteiger partial charge is 0.0601 e. The second-order valence-electron chi connectivity index (χ2n) is 7.39. The molecule has 6 nitrogen and oxygen atoms in total. The first kappa shape index (κ1) is 21.2. The van der Waals surface area contributed by atoms with Crippen molar-refractivity contribution in [3.05, 3.63) is 133 Å². The lowest BCUT2D eigenvalue weighted by molar-refractivity contribution is 0.316. The SMILES string of the molecule is C(=C/N(Cc1ccccn1)Cc1ccccn1)/N(Cc1ccccn1)Cc1ccccn1. The van der Waals surface area contributed by atoms with Gasteiger partial charge in [0, 0.05) is 37.2 Å². The molecule has 160 valence electrons. The molecule has 6 heteroatoms. The van der Waals surface area contributed by atoms with Gasteiger partial charge in [0.15, 0.2) is 0 Å². The van der Waals surface area contributed by atoms with Crippen LogP contribution in [0.4, 0.5) is 0 Å². The molecule has 0 unspecified atom stereocenters. The van der Waals surface area contributed by atoms with E-state index in [1.54, 1.807) is 0 Å². The second kappa shape index (κ2) is 11.4. The Morgan fingerprint density at radius 3 is 0.938 bits per heavy atom. The summed E-state index contributed by atoms with van der Waals surface area (Å²) in [5.74, 6) is 0. The Balaban J connectivity index is 1.54. The summed E-state index contributed by atoms with van der Waals surface area (Å²) in [5, 5.41) is 0. The van der Waals surface area contributed by atoms with E-state index in [2.05, 4.69) is 42.1 Å². The molecule has 0 saturated heterocycles. The van der Waals surface area contributed by atoms with Gasteiger partial charge in [0.05, 0.1) is 49.0 Å². The van der Waals surface area contributed by atoms with Gasteiger partial charge in [0.2, 0.25) is 0 Å². The highest BCUT2D eigenvalue weighted by Crippen LogP contribution is 2.11. The summed E-state index contributed by atoms with van der Waals surface area (Å²) in [6.45, 7) is 2.76. The third-order valence-corrected chi connectivity index (χ3v) is 4.85. The lowest BCUT2D eigenvalue weighted by atomic mass is 10.3. The maximum atomic E-state index is 4.49. The van der Waals surface area contributed by atoms with Crippen LogP contribution >= 0.6 is 0 Å². The number of aromatic nitrogens is 4. The van der Waals surface area contributed by atoms with Crippen LogP contribution in [0.2, 0.25) is 0 Å². The largest absolute Gasteiger partial charge is 0.364 e. The highest BCUT2D eigenvalue weighted by atomic mass is 15.2. The lowest BCUT2D eigenvalue weighted by Crippen LogP contribution is -2.22. The molecular weight excluding hydrogens is 396 g/mol. The van der Waals surface area contributed by atoms with Gasteiger partial charge in [-0.15, -0.1) is 0 Å². The quantitative estimate of drug-likeness (QED) is 0.377. The van der Waals surface area contributed by atoms with Crippen LogP contribution in [0.3, 0.4) is 0 Å². The standard InChI is InChI=1S/C26H26N6/c1-5-13-27-23(9-1)19-31(20-24-10-2-6-14-28-24)17-18-32(21-25-11-3-7-15-29-25)22-26-12-4-8-16-30-26/h1-18H,19-22H2/b18-17-. The molecule has 0 atom stereocenters. The molecule has 0 fully saturated rings. The molecule has 0 spiro atoms. The predicted molar refractivity (Wildman–Crippen MR) is 125 cm³/mol. The van der Waals surface area contributed by atoms with Crippen LogP contribution in [0.5, 0.6) is 0 Å². The fraction of sp³-hybridized carbons (Fsp3) is 0.154. The van der Waals surface area contributed by atoms with E-state index >= 15 is 0 Å². The summed E-state index contributed by atoms with van der Waals surface area (Å²) in [6, 6.07) is 24.0. The zero-order chi connectivity index (χ0) is 21.8. The Morgan fingerprint density at radius 1 is 0.438 bits per heavy atom.